The van der Waals surface area contributed by atoms with Gasteiger partial charge in [-0.15, -0.1) is 0 Å². The summed E-state index contributed by atoms with van der Waals surface area (Å²) < 4.78 is 34.8. The van der Waals surface area contributed by atoms with Crippen LogP contribution in [0.1, 0.15) is 11.1 Å². The Morgan fingerprint density at radius 2 is 1.88 bits per heavy atom. The molecule has 5 nitrogen and oxygen atoms in total. The molecule has 0 bridgehead atoms. The number of alkyl halides is 2. The molecule has 0 atom stereocenters. The van der Waals surface area contributed by atoms with Gasteiger partial charge in [0.25, 0.3) is 6.43 Å². The third-order valence-corrected chi connectivity index (χ3v) is 3.47. The smallest absolute Gasteiger partial charge is 0.315 e. The van der Waals surface area contributed by atoms with Crippen molar-refractivity contribution in [2.24, 2.45) is 0 Å². The average molecular weight is 364 g/mol. The Morgan fingerprint density at radius 3 is 2.65 bits per heavy atom. The zero-order valence-electron chi connectivity index (χ0n) is 14.5. The standard InChI is InChI=1S/C19H22F2N2O3/c1-14-5-2-3-8-17(14)25-10-9-22-19(24)23-12-15-6-4-7-16(11-15)26-13-18(20)21/h2-8,11,18H,9-10,12-13H2,1H3,(H2,22,23,24). The predicted molar refractivity (Wildman–Crippen MR) is 94.9 cm³/mol. The van der Waals surface area contributed by atoms with Crippen LogP contribution in [0.2, 0.25) is 0 Å². The zero-order valence-corrected chi connectivity index (χ0v) is 14.5. The number of aryl methyl sites for hydroxylation is 1. The Labute approximate surface area is 151 Å². The molecule has 2 amide bonds. The number of carbonyl (C=O) groups excluding carboxylic acids is 1. The highest BCUT2D eigenvalue weighted by atomic mass is 19.3. The van der Waals surface area contributed by atoms with Crippen molar-refractivity contribution in [1.29, 1.82) is 0 Å². The second-order valence-electron chi connectivity index (χ2n) is 5.57. The molecular weight excluding hydrogens is 342 g/mol. The lowest BCUT2D eigenvalue weighted by molar-refractivity contribution is 0.0818. The second-order valence-corrected chi connectivity index (χ2v) is 5.57. The van der Waals surface area contributed by atoms with Gasteiger partial charge in [-0.3, -0.25) is 0 Å². The number of amides is 2. The van der Waals surface area contributed by atoms with Crippen molar-refractivity contribution in [3.05, 3.63) is 59.7 Å². The van der Waals surface area contributed by atoms with Crippen LogP contribution in [0.4, 0.5) is 13.6 Å². The van der Waals surface area contributed by atoms with Crippen LogP contribution in [0, 0.1) is 6.92 Å². The largest absolute Gasteiger partial charge is 0.491 e. The molecular formula is C19H22F2N2O3. The summed E-state index contributed by atoms with van der Waals surface area (Å²) in [5.41, 5.74) is 1.79. The first-order valence-electron chi connectivity index (χ1n) is 8.24. The van der Waals surface area contributed by atoms with Gasteiger partial charge in [-0.2, -0.15) is 0 Å². The first kappa shape index (κ1) is 19.5. The van der Waals surface area contributed by atoms with Gasteiger partial charge >= 0.3 is 6.03 Å². The van der Waals surface area contributed by atoms with E-state index in [0.717, 1.165) is 16.9 Å². The van der Waals surface area contributed by atoms with Crippen molar-refractivity contribution in [2.75, 3.05) is 19.8 Å². The third-order valence-electron chi connectivity index (χ3n) is 3.47. The molecule has 0 aliphatic heterocycles. The van der Waals surface area contributed by atoms with Crippen LogP contribution in [-0.2, 0) is 6.54 Å². The van der Waals surface area contributed by atoms with E-state index in [0.29, 0.717) is 18.9 Å². The topological polar surface area (TPSA) is 59.6 Å². The van der Waals surface area contributed by atoms with Crippen molar-refractivity contribution in [3.8, 4) is 11.5 Å². The normalized spacial score (nSPS) is 10.5. The molecule has 0 unspecified atom stereocenters. The van der Waals surface area contributed by atoms with Gasteiger partial charge in [0.1, 0.15) is 24.7 Å². The van der Waals surface area contributed by atoms with Gasteiger partial charge in [-0.1, -0.05) is 30.3 Å². The molecule has 0 saturated heterocycles. The highest BCUT2D eigenvalue weighted by Crippen LogP contribution is 2.16. The highest BCUT2D eigenvalue weighted by Gasteiger charge is 2.05. The van der Waals surface area contributed by atoms with E-state index in [2.05, 4.69) is 10.6 Å². The first-order chi connectivity index (χ1) is 12.5. The van der Waals surface area contributed by atoms with E-state index in [-0.39, 0.29) is 12.6 Å². The van der Waals surface area contributed by atoms with Crippen molar-refractivity contribution >= 4 is 6.03 Å². The minimum atomic E-state index is -2.52. The van der Waals surface area contributed by atoms with Crippen LogP contribution < -0.4 is 20.1 Å². The Morgan fingerprint density at radius 1 is 1.08 bits per heavy atom. The maximum absolute atomic E-state index is 12.2. The fourth-order valence-electron chi connectivity index (χ4n) is 2.19. The molecule has 2 aromatic carbocycles. The Kier molecular flexibility index (Phi) is 7.67. The maximum atomic E-state index is 12.2. The number of urea groups is 1. The fraction of sp³-hybridized carbons (Fsp3) is 0.316. The summed E-state index contributed by atoms with van der Waals surface area (Å²) in [5, 5.41) is 5.38. The summed E-state index contributed by atoms with van der Waals surface area (Å²) in [6, 6.07) is 14.0. The lowest BCUT2D eigenvalue weighted by Gasteiger charge is -2.11. The number of hydrogen-bond acceptors (Lipinski definition) is 3. The number of halogens is 2. The molecule has 140 valence electrons. The summed E-state index contributed by atoms with van der Waals surface area (Å²) in [5.74, 6) is 1.13. The van der Waals surface area contributed by atoms with E-state index in [9.17, 15) is 13.6 Å². The number of rotatable bonds is 9. The van der Waals surface area contributed by atoms with Gasteiger partial charge in [-0.05, 0) is 36.2 Å². The van der Waals surface area contributed by atoms with Gasteiger partial charge in [0.2, 0.25) is 0 Å². The molecule has 0 aliphatic rings. The molecule has 2 rings (SSSR count). The van der Waals surface area contributed by atoms with Crippen LogP contribution >= 0.6 is 0 Å². The zero-order chi connectivity index (χ0) is 18.8. The van der Waals surface area contributed by atoms with Crippen LogP contribution in [0.3, 0.4) is 0 Å². The number of ether oxygens (including phenoxy) is 2. The minimum Gasteiger partial charge on any atom is -0.491 e. The highest BCUT2D eigenvalue weighted by molar-refractivity contribution is 5.73. The number of carbonyl (C=O) groups is 1. The molecule has 0 spiro atoms. The molecule has 26 heavy (non-hydrogen) atoms. The number of benzene rings is 2. The van der Waals surface area contributed by atoms with Crippen molar-refractivity contribution < 1.29 is 23.0 Å². The van der Waals surface area contributed by atoms with Gasteiger partial charge in [-0.25, -0.2) is 13.6 Å². The van der Waals surface area contributed by atoms with Crippen molar-refractivity contribution in [1.82, 2.24) is 10.6 Å². The summed E-state index contributed by atoms with van der Waals surface area (Å²) >= 11 is 0. The van der Waals surface area contributed by atoms with E-state index in [1.807, 2.05) is 31.2 Å². The predicted octanol–water partition coefficient (Wildman–Crippen LogP) is 3.52. The molecule has 0 aromatic heterocycles. The lowest BCUT2D eigenvalue weighted by atomic mass is 10.2. The molecule has 0 aliphatic carbocycles. The quantitative estimate of drug-likeness (QED) is 0.670. The number of nitrogens with one attached hydrogen (secondary N) is 2. The van der Waals surface area contributed by atoms with E-state index in [1.54, 1.807) is 24.3 Å². The van der Waals surface area contributed by atoms with Gasteiger partial charge < -0.3 is 20.1 Å². The van der Waals surface area contributed by atoms with Crippen LogP contribution in [0.15, 0.2) is 48.5 Å². The SMILES string of the molecule is Cc1ccccc1OCCNC(=O)NCc1cccc(OCC(F)F)c1. The van der Waals surface area contributed by atoms with Crippen LogP contribution in [-0.4, -0.2) is 32.2 Å². The Hall–Kier alpha value is -2.83. The molecule has 2 N–H and O–H groups in total. The summed E-state index contributed by atoms with van der Waals surface area (Å²) in [7, 11) is 0. The maximum Gasteiger partial charge on any atom is 0.315 e. The third kappa shape index (κ3) is 6.96. The minimum absolute atomic E-state index is 0.260. The Bertz CT molecular complexity index is 711. The van der Waals surface area contributed by atoms with E-state index in [1.165, 1.54) is 0 Å². The number of hydrogen-bond donors (Lipinski definition) is 2. The fourth-order valence-corrected chi connectivity index (χ4v) is 2.19. The lowest BCUT2D eigenvalue weighted by Crippen LogP contribution is -2.37. The van der Waals surface area contributed by atoms with E-state index in [4.69, 9.17) is 9.47 Å². The van der Waals surface area contributed by atoms with Crippen LogP contribution in [0.25, 0.3) is 0 Å². The van der Waals surface area contributed by atoms with Gasteiger partial charge in [0.15, 0.2) is 0 Å². The summed E-state index contributed by atoms with van der Waals surface area (Å²) in [4.78, 5) is 11.8. The van der Waals surface area contributed by atoms with E-state index >= 15 is 0 Å². The molecule has 0 fully saturated rings. The summed E-state index contributed by atoms with van der Waals surface area (Å²) in [6.07, 6.45) is -2.52. The molecule has 7 heteroatoms. The molecule has 0 radical (unpaired) electrons. The number of para-hydroxylation sites is 1. The van der Waals surface area contributed by atoms with Crippen LogP contribution in [0.5, 0.6) is 11.5 Å². The van der Waals surface area contributed by atoms with Crippen molar-refractivity contribution in [3.63, 3.8) is 0 Å². The molecule has 2 aromatic rings. The van der Waals surface area contributed by atoms with E-state index < -0.39 is 13.0 Å². The van der Waals surface area contributed by atoms with Gasteiger partial charge in [0.05, 0.1) is 6.54 Å². The average Bonchev–Trinajstić information content (AvgIpc) is 2.63. The Balaban J connectivity index is 1.67. The van der Waals surface area contributed by atoms with Crippen molar-refractivity contribution in [2.45, 2.75) is 19.9 Å². The molecule has 0 saturated carbocycles. The monoisotopic (exact) mass is 364 g/mol. The molecule has 0 heterocycles. The van der Waals surface area contributed by atoms with Gasteiger partial charge in [0, 0.05) is 6.54 Å². The first-order valence-corrected chi connectivity index (χ1v) is 8.24. The second kappa shape index (κ2) is 10.2. The summed E-state index contributed by atoms with van der Waals surface area (Å²) in [6.45, 7) is 2.27.